The summed E-state index contributed by atoms with van der Waals surface area (Å²) in [5.41, 5.74) is 8.23. The Labute approximate surface area is 256 Å². The molecule has 0 aliphatic heterocycles. The molecule has 0 saturated carbocycles. The van der Waals surface area contributed by atoms with Crippen molar-refractivity contribution in [2.75, 3.05) is 0 Å². The molecule has 0 bridgehead atoms. The number of carbonyl (C=O) groups is 4. The van der Waals surface area contributed by atoms with E-state index in [2.05, 4.69) is 16.0 Å². The number of aromatic hydroxyl groups is 2. The van der Waals surface area contributed by atoms with Crippen LogP contribution in [0.5, 0.6) is 11.5 Å². The molecular formula is C33H40N4O7. The zero-order valence-electron chi connectivity index (χ0n) is 24.8. The molecule has 5 atom stereocenters. The van der Waals surface area contributed by atoms with E-state index in [0.29, 0.717) is 17.5 Å². The van der Waals surface area contributed by atoms with Gasteiger partial charge in [-0.05, 0) is 53.3 Å². The SMILES string of the molecule is CCC(C)C(NC(=O)C(Cc1ccc(O)cc1)NC(=O)C(N)Cc1ccc(O)cc1)C(=O)NC(Cc1ccccc1)C(=O)O. The number of aliphatic carboxylic acids is 1. The van der Waals surface area contributed by atoms with Gasteiger partial charge in [0.15, 0.2) is 0 Å². The highest BCUT2D eigenvalue weighted by Gasteiger charge is 2.33. The first-order valence-corrected chi connectivity index (χ1v) is 14.5. The van der Waals surface area contributed by atoms with E-state index in [9.17, 15) is 34.5 Å². The number of hydrogen-bond acceptors (Lipinski definition) is 7. The van der Waals surface area contributed by atoms with E-state index in [-0.39, 0.29) is 36.7 Å². The molecule has 0 aromatic heterocycles. The highest BCUT2D eigenvalue weighted by molar-refractivity contribution is 5.94. The van der Waals surface area contributed by atoms with Crippen LogP contribution in [0.15, 0.2) is 78.9 Å². The van der Waals surface area contributed by atoms with Crippen LogP contribution in [0.1, 0.15) is 37.0 Å². The Balaban J connectivity index is 1.78. The number of benzene rings is 3. The Morgan fingerprint density at radius 1 is 0.659 bits per heavy atom. The lowest BCUT2D eigenvalue weighted by atomic mass is 9.96. The van der Waals surface area contributed by atoms with Crippen molar-refractivity contribution in [1.82, 2.24) is 16.0 Å². The van der Waals surface area contributed by atoms with E-state index >= 15 is 0 Å². The standard InChI is InChI=1S/C33H40N4O7/c1-3-20(2)29(32(42)36-28(33(43)44)19-21-7-5-4-6-8-21)37-31(41)27(18-23-11-15-25(39)16-12-23)35-30(40)26(34)17-22-9-13-24(38)14-10-22/h4-16,20,26-29,38-39H,3,17-19,34H2,1-2H3,(H,35,40)(H,36,42)(H,37,41)(H,43,44). The van der Waals surface area contributed by atoms with Crippen molar-refractivity contribution in [3.8, 4) is 11.5 Å². The second-order valence-corrected chi connectivity index (χ2v) is 10.9. The third kappa shape index (κ3) is 10.1. The van der Waals surface area contributed by atoms with Crippen molar-refractivity contribution in [3.63, 3.8) is 0 Å². The van der Waals surface area contributed by atoms with Gasteiger partial charge >= 0.3 is 5.97 Å². The number of nitrogens with one attached hydrogen (secondary N) is 3. The van der Waals surface area contributed by atoms with Crippen molar-refractivity contribution in [2.24, 2.45) is 11.7 Å². The molecule has 0 radical (unpaired) electrons. The van der Waals surface area contributed by atoms with Crippen LogP contribution in [-0.4, -0.2) is 63.2 Å². The molecule has 3 aromatic rings. The van der Waals surface area contributed by atoms with Gasteiger partial charge in [-0.1, -0.05) is 74.9 Å². The summed E-state index contributed by atoms with van der Waals surface area (Å²) in [4.78, 5) is 52.2. The predicted molar refractivity (Wildman–Crippen MR) is 165 cm³/mol. The predicted octanol–water partition coefficient (Wildman–Crippen LogP) is 2.04. The van der Waals surface area contributed by atoms with E-state index in [1.54, 1.807) is 61.5 Å². The average Bonchev–Trinajstić information content (AvgIpc) is 3.01. The topological polar surface area (TPSA) is 191 Å². The van der Waals surface area contributed by atoms with Crippen LogP contribution < -0.4 is 21.7 Å². The number of carboxylic acids is 1. The van der Waals surface area contributed by atoms with Crippen LogP contribution in [0.4, 0.5) is 0 Å². The van der Waals surface area contributed by atoms with Crippen LogP contribution >= 0.6 is 0 Å². The first-order valence-electron chi connectivity index (χ1n) is 14.5. The largest absolute Gasteiger partial charge is 0.508 e. The summed E-state index contributed by atoms with van der Waals surface area (Å²) in [6.07, 6.45) is 0.739. The van der Waals surface area contributed by atoms with Crippen molar-refractivity contribution in [1.29, 1.82) is 0 Å². The lowest BCUT2D eigenvalue weighted by Gasteiger charge is -2.28. The van der Waals surface area contributed by atoms with Gasteiger partial charge in [0.2, 0.25) is 17.7 Å². The molecule has 3 amide bonds. The van der Waals surface area contributed by atoms with Gasteiger partial charge in [0.25, 0.3) is 0 Å². The number of amides is 3. The zero-order valence-corrected chi connectivity index (χ0v) is 24.8. The number of hydrogen-bond donors (Lipinski definition) is 7. The molecule has 11 nitrogen and oxygen atoms in total. The lowest BCUT2D eigenvalue weighted by molar-refractivity contribution is -0.142. The molecule has 3 aromatic carbocycles. The minimum Gasteiger partial charge on any atom is -0.508 e. The van der Waals surface area contributed by atoms with Crippen molar-refractivity contribution in [2.45, 2.75) is 63.7 Å². The fourth-order valence-electron chi connectivity index (χ4n) is 4.60. The third-order valence-electron chi connectivity index (χ3n) is 7.43. The van der Waals surface area contributed by atoms with Gasteiger partial charge in [-0.2, -0.15) is 0 Å². The number of carboxylic acid groups (broad SMARTS) is 1. The van der Waals surface area contributed by atoms with Crippen LogP contribution in [0.3, 0.4) is 0 Å². The van der Waals surface area contributed by atoms with Gasteiger partial charge in [0, 0.05) is 12.8 Å². The zero-order chi connectivity index (χ0) is 32.2. The van der Waals surface area contributed by atoms with E-state index in [1.165, 1.54) is 24.3 Å². The molecular weight excluding hydrogens is 564 g/mol. The summed E-state index contributed by atoms with van der Waals surface area (Å²) < 4.78 is 0. The van der Waals surface area contributed by atoms with Crippen LogP contribution in [0.2, 0.25) is 0 Å². The molecule has 234 valence electrons. The molecule has 11 heteroatoms. The van der Waals surface area contributed by atoms with Crippen LogP contribution in [0, 0.1) is 5.92 Å². The van der Waals surface area contributed by atoms with Gasteiger partial charge in [-0.25, -0.2) is 4.79 Å². The number of phenols is 2. The first kappa shape index (κ1) is 33.6. The molecule has 0 heterocycles. The molecule has 44 heavy (non-hydrogen) atoms. The van der Waals surface area contributed by atoms with E-state index in [4.69, 9.17) is 5.73 Å². The summed E-state index contributed by atoms with van der Waals surface area (Å²) in [5.74, 6) is -3.38. The minimum atomic E-state index is -1.22. The summed E-state index contributed by atoms with van der Waals surface area (Å²) in [5, 5.41) is 37.0. The molecule has 0 aliphatic carbocycles. The molecule has 5 unspecified atom stereocenters. The summed E-state index contributed by atoms with van der Waals surface area (Å²) >= 11 is 0. The monoisotopic (exact) mass is 604 g/mol. The summed E-state index contributed by atoms with van der Waals surface area (Å²) in [6, 6.07) is 16.8. The Morgan fingerprint density at radius 3 is 1.66 bits per heavy atom. The van der Waals surface area contributed by atoms with Crippen LogP contribution in [-0.2, 0) is 38.4 Å². The Kier molecular flexibility index (Phi) is 12.3. The van der Waals surface area contributed by atoms with Crippen molar-refractivity contribution >= 4 is 23.7 Å². The maximum Gasteiger partial charge on any atom is 0.326 e. The number of carbonyl (C=O) groups excluding carboxylic acids is 3. The summed E-state index contributed by atoms with van der Waals surface area (Å²) in [6.45, 7) is 3.60. The van der Waals surface area contributed by atoms with Gasteiger partial charge in [-0.3, -0.25) is 14.4 Å². The number of nitrogens with two attached hydrogens (primary N) is 1. The third-order valence-corrected chi connectivity index (χ3v) is 7.43. The quantitative estimate of drug-likeness (QED) is 0.137. The fraction of sp³-hybridized carbons (Fsp3) is 0.333. The molecule has 0 aliphatic rings. The highest BCUT2D eigenvalue weighted by atomic mass is 16.4. The number of phenolic OH excluding ortho intramolecular Hbond substituents is 2. The molecule has 8 N–H and O–H groups in total. The molecule has 3 rings (SSSR count). The smallest absolute Gasteiger partial charge is 0.326 e. The fourth-order valence-corrected chi connectivity index (χ4v) is 4.60. The second kappa shape index (κ2) is 16.1. The van der Waals surface area contributed by atoms with E-state index in [1.807, 2.05) is 6.92 Å². The van der Waals surface area contributed by atoms with Gasteiger partial charge in [-0.15, -0.1) is 0 Å². The maximum atomic E-state index is 13.7. The second-order valence-electron chi connectivity index (χ2n) is 10.9. The summed E-state index contributed by atoms with van der Waals surface area (Å²) in [7, 11) is 0. The molecule has 0 saturated heterocycles. The van der Waals surface area contributed by atoms with E-state index in [0.717, 1.165) is 5.56 Å². The lowest BCUT2D eigenvalue weighted by Crippen LogP contribution is -2.59. The maximum absolute atomic E-state index is 13.7. The van der Waals surface area contributed by atoms with Crippen molar-refractivity contribution < 1.29 is 34.5 Å². The van der Waals surface area contributed by atoms with Crippen molar-refractivity contribution in [3.05, 3.63) is 95.6 Å². The Hall–Kier alpha value is -4.90. The average molecular weight is 605 g/mol. The van der Waals surface area contributed by atoms with Gasteiger partial charge < -0.3 is 37.0 Å². The highest BCUT2D eigenvalue weighted by Crippen LogP contribution is 2.15. The molecule has 0 fully saturated rings. The normalized spacial score (nSPS) is 14.3. The van der Waals surface area contributed by atoms with Gasteiger partial charge in [0.1, 0.15) is 29.6 Å². The Morgan fingerprint density at radius 2 is 1.14 bits per heavy atom. The molecule has 0 spiro atoms. The number of rotatable bonds is 15. The minimum absolute atomic E-state index is 0.0321. The van der Waals surface area contributed by atoms with E-state index < -0.39 is 47.9 Å². The van der Waals surface area contributed by atoms with Gasteiger partial charge in [0.05, 0.1) is 6.04 Å². The Bertz CT molecular complexity index is 1400. The first-order chi connectivity index (χ1) is 21.0. The van der Waals surface area contributed by atoms with Crippen LogP contribution in [0.25, 0.3) is 0 Å².